The zero-order valence-electron chi connectivity index (χ0n) is 20.2. The van der Waals surface area contributed by atoms with Gasteiger partial charge >= 0.3 is 6.09 Å². The summed E-state index contributed by atoms with van der Waals surface area (Å²) in [7, 11) is 0. The van der Waals surface area contributed by atoms with Crippen LogP contribution in [0.3, 0.4) is 0 Å². The van der Waals surface area contributed by atoms with Gasteiger partial charge in [-0.15, -0.1) is 0 Å². The molecule has 6 heteroatoms. The molecule has 4 nitrogen and oxygen atoms in total. The molecule has 0 aliphatic carbocycles. The van der Waals surface area contributed by atoms with Crippen molar-refractivity contribution < 1.29 is 9.53 Å². The maximum absolute atomic E-state index is 13.2. The standard InChI is InChI=1S/C26H35BrN2O2S/c1-19(20-13-15-22(27)16-14-20)29(24(30)31-25(2,3)4)18-17-23(28-32-26(5,6)7)21-11-9-8-10-12-21/h8-16,19H,17-18H2,1-7H3/t19-/m0/s1. The first-order chi connectivity index (χ1) is 14.9. The highest BCUT2D eigenvalue weighted by molar-refractivity contribution is 9.10. The van der Waals surface area contributed by atoms with Gasteiger partial charge in [0, 0.05) is 22.2 Å². The quantitative estimate of drug-likeness (QED) is 0.274. The Morgan fingerprint density at radius 1 is 1.03 bits per heavy atom. The van der Waals surface area contributed by atoms with Crippen LogP contribution in [0.15, 0.2) is 63.5 Å². The molecule has 0 fully saturated rings. The van der Waals surface area contributed by atoms with Crippen molar-refractivity contribution in [2.24, 2.45) is 4.40 Å². The van der Waals surface area contributed by atoms with E-state index in [4.69, 9.17) is 9.13 Å². The molecular weight excluding hydrogens is 484 g/mol. The molecule has 0 N–H and O–H groups in total. The fourth-order valence-electron chi connectivity index (χ4n) is 2.98. The molecule has 0 aliphatic heterocycles. The first kappa shape index (κ1) is 26.5. The van der Waals surface area contributed by atoms with Crippen molar-refractivity contribution in [3.63, 3.8) is 0 Å². The van der Waals surface area contributed by atoms with Crippen molar-refractivity contribution in [3.8, 4) is 0 Å². The van der Waals surface area contributed by atoms with Crippen LogP contribution in [0.2, 0.25) is 0 Å². The number of rotatable bonds is 7. The molecule has 0 aliphatic rings. The van der Waals surface area contributed by atoms with E-state index in [0.717, 1.165) is 21.3 Å². The second-order valence-corrected chi connectivity index (χ2v) is 12.3. The van der Waals surface area contributed by atoms with Crippen LogP contribution in [0.4, 0.5) is 4.79 Å². The maximum atomic E-state index is 13.2. The molecule has 0 saturated heterocycles. The third-order valence-corrected chi connectivity index (χ3v) is 5.96. The van der Waals surface area contributed by atoms with Crippen LogP contribution >= 0.6 is 27.9 Å². The molecular formula is C26H35BrN2O2S. The lowest BCUT2D eigenvalue weighted by Gasteiger charge is -2.32. The lowest BCUT2D eigenvalue weighted by atomic mass is 10.0. The summed E-state index contributed by atoms with van der Waals surface area (Å²) in [6.07, 6.45) is 0.316. The van der Waals surface area contributed by atoms with Crippen LogP contribution < -0.4 is 0 Å². The van der Waals surface area contributed by atoms with Crippen LogP contribution in [-0.2, 0) is 4.74 Å². The molecule has 32 heavy (non-hydrogen) atoms. The SMILES string of the molecule is C[C@@H](c1ccc(Br)cc1)N(CCC(=NSC(C)(C)C)c1ccccc1)C(=O)OC(C)(C)C. The average molecular weight is 520 g/mol. The third-order valence-electron chi connectivity index (χ3n) is 4.57. The molecule has 174 valence electrons. The Labute approximate surface area is 206 Å². The van der Waals surface area contributed by atoms with E-state index < -0.39 is 5.60 Å². The fourth-order valence-corrected chi connectivity index (χ4v) is 3.82. The van der Waals surface area contributed by atoms with E-state index >= 15 is 0 Å². The van der Waals surface area contributed by atoms with Crippen LogP contribution in [0, 0.1) is 0 Å². The average Bonchev–Trinajstić information content (AvgIpc) is 2.69. The second-order valence-electron chi connectivity index (χ2n) is 9.76. The van der Waals surface area contributed by atoms with Gasteiger partial charge in [0.1, 0.15) is 5.60 Å². The predicted octanol–water partition coefficient (Wildman–Crippen LogP) is 8.07. The number of carbonyl (C=O) groups is 1. The Balaban J connectivity index is 2.31. The van der Waals surface area contributed by atoms with E-state index in [1.807, 2.05) is 70.2 Å². The summed E-state index contributed by atoms with van der Waals surface area (Å²) < 4.78 is 11.6. The molecule has 1 amide bonds. The smallest absolute Gasteiger partial charge is 0.410 e. The van der Waals surface area contributed by atoms with Gasteiger partial charge in [-0.05, 0) is 83.7 Å². The number of carbonyl (C=O) groups excluding carboxylic acids is 1. The Morgan fingerprint density at radius 3 is 2.16 bits per heavy atom. The molecule has 2 aromatic rings. The third kappa shape index (κ3) is 8.99. The van der Waals surface area contributed by atoms with Crippen molar-refractivity contribution in [1.29, 1.82) is 0 Å². The van der Waals surface area contributed by atoms with Crippen molar-refractivity contribution in [2.75, 3.05) is 6.54 Å². The van der Waals surface area contributed by atoms with Gasteiger partial charge in [-0.3, -0.25) is 0 Å². The van der Waals surface area contributed by atoms with E-state index in [2.05, 4.69) is 48.8 Å². The summed E-state index contributed by atoms with van der Waals surface area (Å²) in [6, 6.07) is 18.1. The topological polar surface area (TPSA) is 41.9 Å². The number of hydrogen-bond acceptors (Lipinski definition) is 4. The van der Waals surface area contributed by atoms with Crippen LogP contribution in [0.25, 0.3) is 0 Å². The zero-order chi connectivity index (χ0) is 23.9. The Morgan fingerprint density at radius 2 is 1.62 bits per heavy atom. The minimum atomic E-state index is -0.562. The zero-order valence-corrected chi connectivity index (χ0v) is 22.6. The molecule has 2 rings (SSSR count). The van der Waals surface area contributed by atoms with E-state index in [-0.39, 0.29) is 16.9 Å². The number of amides is 1. The van der Waals surface area contributed by atoms with Gasteiger partial charge in [-0.25, -0.2) is 9.19 Å². The normalized spacial score (nSPS) is 13.6. The van der Waals surface area contributed by atoms with Gasteiger partial charge in [0.25, 0.3) is 0 Å². The Kier molecular flexibility index (Phi) is 9.40. The highest BCUT2D eigenvalue weighted by Crippen LogP contribution is 2.28. The van der Waals surface area contributed by atoms with Crippen LogP contribution in [0.5, 0.6) is 0 Å². The summed E-state index contributed by atoms with van der Waals surface area (Å²) in [6.45, 7) is 14.7. The lowest BCUT2D eigenvalue weighted by molar-refractivity contribution is 0.0180. The number of ether oxygens (including phenoxy) is 1. The van der Waals surface area contributed by atoms with Crippen LogP contribution in [0.1, 0.15) is 72.1 Å². The summed E-state index contributed by atoms with van der Waals surface area (Å²) in [5.74, 6) is 0. The predicted molar refractivity (Wildman–Crippen MR) is 140 cm³/mol. The highest BCUT2D eigenvalue weighted by Gasteiger charge is 2.27. The van der Waals surface area contributed by atoms with E-state index in [9.17, 15) is 4.79 Å². The van der Waals surface area contributed by atoms with Gasteiger partial charge in [0.2, 0.25) is 0 Å². The van der Waals surface area contributed by atoms with Gasteiger partial charge < -0.3 is 9.64 Å². The summed E-state index contributed by atoms with van der Waals surface area (Å²) >= 11 is 5.05. The molecule has 2 aromatic carbocycles. The fraction of sp³-hybridized carbons (Fsp3) is 0.462. The summed E-state index contributed by atoms with van der Waals surface area (Å²) in [4.78, 5) is 15.0. The summed E-state index contributed by atoms with van der Waals surface area (Å²) in [5.41, 5.74) is 2.54. The second kappa shape index (κ2) is 11.4. The van der Waals surface area contributed by atoms with E-state index in [1.54, 1.807) is 16.8 Å². The lowest BCUT2D eigenvalue weighted by Crippen LogP contribution is -2.39. The Hall–Kier alpha value is -1.79. The minimum Gasteiger partial charge on any atom is -0.444 e. The minimum absolute atomic E-state index is 0.00952. The molecule has 0 radical (unpaired) electrons. The number of nitrogens with zero attached hydrogens (tertiary/aromatic N) is 2. The van der Waals surface area contributed by atoms with Crippen LogP contribution in [-0.4, -0.2) is 33.6 Å². The van der Waals surface area contributed by atoms with E-state index in [0.29, 0.717) is 13.0 Å². The Bertz CT molecular complexity index is 900. The maximum Gasteiger partial charge on any atom is 0.410 e. The molecule has 0 spiro atoms. The van der Waals surface area contributed by atoms with Crippen molar-refractivity contribution in [3.05, 3.63) is 70.2 Å². The molecule has 0 saturated carbocycles. The largest absolute Gasteiger partial charge is 0.444 e. The first-order valence-electron chi connectivity index (χ1n) is 10.9. The highest BCUT2D eigenvalue weighted by atomic mass is 79.9. The van der Waals surface area contributed by atoms with Gasteiger partial charge in [-0.1, -0.05) is 58.4 Å². The monoisotopic (exact) mass is 518 g/mol. The number of benzene rings is 2. The van der Waals surface area contributed by atoms with E-state index in [1.165, 1.54) is 0 Å². The summed E-state index contributed by atoms with van der Waals surface area (Å²) in [5, 5.41) is 0. The van der Waals surface area contributed by atoms with Crippen molar-refractivity contribution >= 4 is 39.7 Å². The van der Waals surface area contributed by atoms with Gasteiger partial charge in [0.15, 0.2) is 0 Å². The van der Waals surface area contributed by atoms with Gasteiger partial charge in [0.05, 0.1) is 11.8 Å². The molecule has 0 bridgehead atoms. The number of halogens is 1. The van der Waals surface area contributed by atoms with Gasteiger partial charge in [-0.2, -0.15) is 0 Å². The molecule has 1 atom stereocenters. The first-order valence-corrected chi connectivity index (χ1v) is 12.5. The molecule has 0 aromatic heterocycles. The molecule has 0 heterocycles. The van der Waals surface area contributed by atoms with Crippen molar-refractivity contribution in [1.82, 2.24) is 4.90 Å². The number of hydrogen-bond donors (Lipinski definition) is 0. The molecule has 0 unspecified atom stereocenters. The van der Waals surface area contributed by atoms with Crippen molar-refractivity contribution in [2.45, 2.75) is 71.3 Å².